The molecule has 3 rings (SSSR count). The van der Waals surface area contributed by atoms with E-state index in [9.17, 15) is 22.4 Å². The topological polar surface area (TPSA) is 96.0 Å². The molecule has 0 spiro atoms. The number of carbonyl (C=O) groups excluding carboxylic acids is 2. The van der Waals surface area contributed by atoms with E-state index in [0.717, 1.165) is 26.5 Å². The minimum absolute atomic E-state index is 0.0737. The lowest BCUT2D eigenvalue weighted by molar-refractivity contribution is -0.139. The molecule has 0 saturated carbocycles. The van der Waals surface area contributed by atoms with Gasteiger partial charge in [0.2, 0.25) is 11.8 Å². The maximum atomic E-state index is 13.7. The summed E-state index contributed by atoms with van der Waals surface area (Å²) < 4.78 is 48.0. The third kappa shape index (κ3) is 7.11. The van der Waals surface area contributed by atoms with Gasteiger partial charge in [0.1, 0.15) is 24.2 Å². The molecule has 0 aliphatic carbocycles. The number of nitrogens with one attached hydrogen (secondary N) is 1. The highest BCUT2D eigenvalue weighted by Crippen LogP contribution is 2.26. The summed E-state index contributed by atoms with van der Waals surface area (Å²) in [5.74, 6) is -1.06. The van der Waals surface area contributed by atoms with Crippen molar-refractivity contribution in [1.82, 2.24) is 10.2 Å². The zero-order chi connectivity index (χ0) is 27.9. The predicted molar refractivity (Wildman–Crippen MR) is 147 cm³/mol. The Balaban J connectivity index is 2.01. The van der Waals surface area contributed by atoms with Crippen LogP contribution in [0.2, 0.25) is 0 Å². The highest BCUT2D eigenvalue weighted by molar-refractivity contribution is 9.10. The Bertz CT molecular complexity index is 1350. The maximum absolute atomic E-state index is 13.7. The molecule has 0 aliphatic heterocycles. The number of hydrogen-bond acceptors (Lipinski definition) is 5. The molecule has 0 saturated heterocycles. The van der Waals surface area contributed by atoms with Gasteiger partial charge in [0.15, 0.2) is 0 Å². The molecule has 11 heteroatoms. The molecule has 1 unspecified atom stereocenters. The van der Waals surface area contributed by atoms with Crippen LogP contribution in [-0.4, -0.2) is 51.4 Å². The Morgan fingerprint density at radius 3 is 2.16 bits per heavy atom. The summed E-state index contributed by atoms with van der Waals surface area (Å²) in [6, 6.07) is 16.9. The fourth-order valence-electron chi connectivity index (χ4n) is 3.70. The highest BCUT2D eigenvalue weighted by Gasteiger charge is 2.32. The second-order valence-corrected chi connectivity index (χ2v) is 11.2. The van der Waals surface area contributed by atoms with Crippen molar-refractivity contribution in [3.05, 3.63) is 88.6 Å². The number of benzene rings is 3. The van der Waals surface area contributed by atoms with Gasteiger partial charge in [-0.2, -0.15) is 0 Å². The van der Waals surface area contributed by atoms with Crippen LogP contribution in [0.1, 0.15) is 19.4 Å². The van der Waals surface area contributed by atoms with Gasteiger partial charge in [0.25, 0.3) is 10.0 Å². The number of methoxy groups -OCH3 is 1. The highest BCUT2D eigenvalue weighted by atomic mass is 79.9. The van der Waals surface area contributed by atoms with Gasteiger partial charge < -0.3 is 15.0 Å². The van der Waals surface area contributed by atoms with Gasteiger partial charge in [0, 0.05) is 17.6 Å². The molecule has 2 amide bonds. The summed E-state index contributed by atoms with van der Waals surface area (Å²) >= 11 is 3.38. The molecule has 0 radical (unpaired) electrons. The van der Waals surface area contributed by atoms with Crippen molar-refractivity contribution in [3.63, 3.8) is 0 Å². The van der Waals surface area contributed by atoms with Gasteiger partial charge >= 0.3 is 0 Å². The molecule has 0 heterocycles. The summed E-state index contributed by atoms with van der Waals surface area (Å²) in [6.45, 7) is 3.19. The molecule has 0 fully saturated rings. The van der Waals surface area contributed by atoms with Gasteiger partial charge in [0.05, 0.1) is 17.7 Å². The number of anilines is 1. The summed E-state index contributed by atoms with van der Waals surface area (Å²) in [5.41, 5.74) is 0.855. The molecule has 0 aliphatic rings. The summed E-state index contributed by atoms with van der Waals surface area (Å²) in [6.07, 6.45) is 0. The van der Waals surface area contributed by atoms with Crippen LogP contribution in [0, 0.1) is 5.82 Å². The van der Waals surface area contributed by atoms with Crippen LogP contribution in [0.4, 0.5) is 10.1 Å². The second-order valence-electron chi connectivity index (χ2n) is 8.38. The summed E-state index contributed by atoms with van der Waals surface area (Å²) in [4.78, 5) is 27.7. The van der Waals surface area contributed by atoms with Crippen LogP contribution in [0.15, 0.2) is 82.2 Å². The Kier molecular flexibility index (Phi) is 9.87. The summed E-state index contributed by atoms with van der Waals surface area (Å²) in [7, 11) is -2.79. The molecule has 3 aromatic rings. The van der Waals surface area contributed by atoms with Crippen LogP contribution in [0.5, 0.6) is 5.75 Å². The molecule has 1 N–H and O–H groups in total. The molecule has 3 aromatic carbocycles. The van der Waals surface area contributed by atoms with E-state index in [-0.39, 0.29) is 23.0 Å². The van der Waals surface area contributed by atoms with Crippen molar-refractivity contribution in [2.24, 2.45) is 0 Å². The average molecular weight is 607 g/mol. The second kappa shape index (κ2) is 12.9. The number of amides is 2. The van der Waals surface area contributed by atoms with E-state index in [1.54, 1.807) is 26.0 Å². The quantitative estimate of drug-likeness (QED) is 0.351. The zero-order valence-electron chi connectivity index (χ0n) is 21.2. The number of sulfonamides is 1. The van der Waals surface area contributed by atoms with Crippen LogP contribution in [-0.2, 0) is 26.2 Å². The lowest BCUT2D eigenvalue weighted by Gasteiger charge is -2.32. The van der Waals surface area contributed by atoms with Crippen molar-refractivity contribution in [2.75, 3.05) is 24.5 Å². The van der Waals surface area contributed by atoms with Crippen LogP contribution < -0.4 is 14.4 Å². The lowest BCUT2D eigenvalue weighted by Crippen LogP contribution is -2.51. The molecule has 8 nitrogen and oxygen atoms in total. The molecule has 38 heavy (non-hydrogen) atoms. The van der Waals surface area contributed by atoms with Gasteiger partial charge in [-0.1, -0.05) is 28.1 Å². The minimum Gasteiger partial charge on any atom is -0.497 e. The molecule has 0 aromatic heterocycles. The van der Waals surface area contributed by atoms with Crippen molar-refractivity contribution >= 4 is 43.5 Å². The molecular weight excluding hydrogens is 577 g/mol. The Labute approximate surface area is 230 Å². The summed E-state index contributed by atoms with van der Waals surface area (Å²) in [5, 5.41) is 2.71. The van der Waals surface area contributed by atoms with E-state index in [1.165, 1.54) is 48.4 Å². The fourth-order valence-corrected chi connectivity index (χ4v) is 5.38. The van der Waals surface area contributed by atoms with Gasteiger partial charge in [-0.15, -0.1) is 0 Å². The van der Waals surface area contributed by atoms with Gasteiger partial charge in [-0.05, 0) is 80.1 Å². The third-order valence-corrected chi connectivity index (χ3v) is 8.14. The Morgan fingerprint density at radius 1 is 1.00 bits per heavy atom. The van der Waals surface area contributed by atoms with Crippen molar-refractivity contribution in [3.8, 4) is 5.75 Å². The first kappa shape index (κ1) is 29.1. The van der Waals surface area contributed by atoms with Gasteiger partial charge in [-0.25, -0.2) is 12.8 Å². The smallest absolute Gasteiger partial charge is 0.264 e. The van der Waals surface area contributed by atoms with Crippen LogP contribution >= 0.6 is 15.9 Å². The first-order valence-corrected chi connectivity index (χ1v) is 14.0. The standard InChI is InChI=1S/C27H29BrFN3O5S/c1-4-30-27(34)19(2)31(17-20-5-7-21(28)8-6-20)26(33)18-32(23-11-9-22(29)10-12-23)38(35,36)25-15-13-24(37-3)14-16-25/h5-16,19H,4,17-18H2,1-3H3,(H,30,34). The van der Waals surface area contributed by atoms with Crippen molar-refractivity contribution < 1.29 is 27.1 Å². The number of likely N-dealkylation sites (N-methyl/N-ethyl adjacent to an activating group) is 1. The van der Waals surface area contributed by atoms with E-state index in [1.807, 2.05) is 12.1 Å². The predicted octanol–water partition coefficient (Wildman–Crippen LogP) is 4.35. The molecule has 0 bridgehead atoms. The monoisotopic (exact) mass is 605 g/mol. The molecular formula is C27H29BrFN3O5S. The maximum Gasteiger partial charge on any atom is 0.264 e. The molecule has 1 atom stereocenters. The van der Waals surface area contributed by atoms with E-state index >= 15 is 0 Å². The Morgan fingerprint density at radius 2 is 1.61 bits per heavy atom. The Hall–Kier alpha value is -3.44. The number of carbonyl (C=O) groups is 2. The first-order chi connectivity index (χ1) is 18.1. The normalized spacial score (nSPS) is 11.9. The number of nitrogens with zero attached hydrogens (tertiary/aromatic N) is 2. The van der Waals surface area contributed by atoms with Crippen molar-refractivity contribution in [1.29, 1.82) is 0 Å². The van der Waals surface area contributed by atoms with E-state index in [2.05, 4.69) is 21.2 Å². The largest absolute Gasteiger partial charge is 0.497 e. The number of hydrogen-bond donors (Lipinski definition) is 1. The van der Waals surface area contributed by atoms with Crippen LogP contribution in [0.3, 0.4) is 0 Å². The molecule has 202 valence electrons. The SMILES string of the molecule is CCNC(=O)C(C)N(Cc1ccc(Br)cc1)C(=O)CN(c1ccc(F)cc1)S(=O)(=O)c1ccc(OC)cc1. The number of halogens is 2. The number of ether oxygens (including phenoxy) is 1. The first-order valence-electron chi connectivity index (χ1n) is 11.8. The fraction of sp³-hybridized carbons (Fsp3) is 0.259. The van der Waals surface area contributed by atoms with Crippen LogP contribution in [0.25, 0.3) is 0 Å². The van der Waals surface area contributed by atoms with Crippen molar-refractivity contribution in [2.45, 2.75) is 31.3 Å². The van der Waals surface area contributed by atoms with E-state index in [0.29, 0.717) is 12.3 Å². The van der Waals surface area contributed by atoms with E-state index < -0.39 is 34.3 Å². The van der Waals surface area contributed by atoms with Gasteiger partial charge in [-0.3, -0.25) is 13.9 Å². The van der Waals surface area contributed by atoms with E-state index in [4.69, 9.17) is 4.74 Å². The zero-order valence-corrected chi connectivity index (χ0v) is 23.6. The number of rotatable bonds is 11. The average Bonchev–Trinajstić information content (AvgIpc) is 2.91. The third-order valence-electron chi connectivity index (χ3n) is 5.83. The minimum atomic E-state index is -4.25. The lowest BCUT2D eigenvalue weighted by atomic mass is 10.1.